The summed E-state index contributed by atoms with van der Waals surface area (Å²) in [5, 5.41) is 9.14. The Bertz CT molecular complexity index is 650. The summed E-state index contributed by atoms with van der Waals surface area (Å²) < 4.78 is 10.7. The second kappa shape index (κ2) is 5.51. The number of hydrogen-bond donors (Lipinski definition) is 1. The van der Waals surface area contributed by atoms with Crippen molar-refractivity contribution in [3.8, 4) is 23.3 Å². The van der Waals surface area contributed by atoms with Gasteiger partial charge >= 0.3 is 0 Å². The minimum absolute atomic E-state index is 0.349. The second-order valence-electron chi connectivity index (χ2n) is 3.76. The SMILES string of the molecule is COc1ccc(Oc2ccc(C#N)c(Cl)c2)cc1N. The zero-order valence-electron chi connectivity index (χ0n) is 10.2. The number of hydrogen-bond acceptors (Lipinski definition) is 4. The van der Waals surface area contributed by atoms with Gasteiger partial charge in [-0.05, 0) is 24.3 Å². The maximum Gasteiger partial charge on any atom is 0.142 e. The van der Waals surface area contributed by atoms with Crippen LogP contribution in [0.1, 0.15) is 5.56 Å². The predicted molar refractivity (Wildman–Crippen MR) is 73.6 cm³/mol. The normalized spacial score (nSPS) is 9.74. The zero-order chi connectivity index (χ0) is 13.8. The number of halogens is 1. The molecule has 0 aromatic heterocycles. The molecule has 0 saturated heterocycles. The lowest BCUT2D eigenvalue weighted by Gasteiger charge is -2.09. The molecular weight excluding hydrogens is 264 g/mol. The third kappa shape index (κ3) is 2.90. The Morgan fingerprint density at radius 3 is 2.42 bits per heavy atom. The molecule has 0 radical (unpaired) electrons. The first-order chi connectivity index (χ1) is 9.13. The van der Waals surface area contributed by atoms with Crippen molar-refractivity contribution in [3.05, 3.63) is 47.0 Å². The van der Waals surface area contributed by atoms with Crippen molar-refractivity contribution in [2.24, 2.45) is 0 Å². The van der Waals surface area contributed by atoms with Crippen LogP contribution in [0.15, 0.2) is 36.4 Å². The minimum atomic E-state index is 0.349. The molecule has 19 heavy (non-hydrogen) atoms. The molecule has 0 aliphatic rings. The summed E-state index contributed by atoms with van der Waals surface area (Å²) in [5.41, 5.74) is 6.68. The minimum Gasteiger partial charge on any atom is -0.495 e. The summed E-state index contributed by atoms with van der Waals surface area (Å²) in [5.74, 6) is 1.69. The van der Waals surface area contributed by atoms with Crippen molar-refractivity contribution >= 4 is 17.3 Å². The number of methoxy groups -OCH3 is 1. The maximum atomic E-state index is 8.79. The first-order valence-electron chi connectivity index (χ1n) is 5.45. The van der Waals surface area contributed by atoms with Crippen LogP contribution in [-0.2, 0) is 0 Å². The van der Waals surface area contributed by atoms with Crippen molar-refractivity contribution in [2.75, 3.05) is 12.8 Å². The van der Waals surface area contributed by atoms with Crippen molar-refractivity contribution in [2.45, 2.75) is 0 Å². The Hall–Kier alpha value is -2.38. The summed E-state index contributed by atoms with van der Waals surface area (Å²) in [6, 6.07) is 12.0. The number of benzene rings is 2. The van der Waals surface area contributed by atoms with Gasteiger partial charge in [0.15, 0.2) is 0 Å². The quantitative estimate of drug-likeness (QED) is 0.869. The molecule has 0 unspecified atom stereocenters. The summed E-state index contributed by atoms with van der Waals surface area (Å²) in [6.07, 6.45) is 0. The van der Waals surface area contributed by atoms with Gasteiger partial charge < -0.3 is 15.2 Å². The molecule has 2 aromatic carbocycles. The fourth-order valence-corrected chi connectivity index (χ4v) is 1.77. The van der Waals surface area contributed by atoms with Crippen LogP contribution in [0.25, 0.3) is 0 Å². The number of nitrogens with two attached hydrogens (primary N) is 1. The summed E-state index contributed by atoms with van der Waals surface area (Å²) in [4.78, 5) is 0. The van der Waals surface area contributed by atoms with Gasteiger partial charge in [-0.2, -0.15) is 5.26 Å². The topological polar surface area (TPSA) is 68.3 Å². The van der Waals surface area contributed by atoms with Gasteiger partial charge in [-0.15, -0.1) is 0 Å². The highest BCUT2D eigenvalue weighted by Crippen LogP contribution is 2.30. The molecule has 0 fully saturated rings. The lowest BCUT2D eigenvalue weighted by Crippen LogP contribution is -1.93. The number of ether oxygens (including phenoxy) is 2. The van der Waals surface area contributed by atoms with E-state index in [-0.39, 0.29) is 0 Å². The average molecular weight is 275 g/mol. The third-order valence-electron chi connectivity index (χ3n) is 2.50. The molecule has 2 aromatic rings. The van der Waals surface area contributed by atoms with Crippen LogP contribution in [0.3, 0.4) is 0 Å². The van der Waals surface area contributed by atoms with Gasteiger partial charge in [0.05, 0.1) is 23.4 Å². The summed E-state index contributed by atoms with van der Waals surface area (Å²) in [7, 11) is 1.55. The molecule has 0 saturated carbocycles. The first-order valence-corrected chi connectivity index (χ1v) is 5.83. The van der Waals surface area contributed by atoms with Crippen LogP contribution in [0.5, 0.6) is 17.2 Å². The zero-order valence-corrected chi connectivity index (χ0v) is 10.9. The van der Waals surface area contributed by atoms with Gasteiger partial charge in [0.1, 0.15) is 23.3 Å². The van der Waals surface area contributed by atoms with Crippen molar-refractivity contribution < 1.29 is 9.47 Å². The molecule has 0 amide bonds. The lowest BCUT2D eigenvalue weighted by atomic mass is 10.2. The van der Waals surface area contributed by atoms with E-state index in [2.05, 4.69) is 0 Å². The van der Waals surface area contributed by atoms with Gasteiger partial charge in [-0.3, -0.25) is 0 Å². The van der Waals surface area contributed by atoms with Crippen molar-refractivity contribution in [3.63, 3.8) is 0 Å². The standard InChI is InChI=1S/C14H11ClN2O2/c1-18-14-5-4-11(7-13(14)17)19-10-3-2-9(8-16)12(15)6-10/h2-7H,17H2,1H3. The van der Waals surface area contributed by atoms with E-state index in [1.807, 2.05) is 6.07 Å². The Kier molecular flexibility index (Phi) is 3.79. The molecule has 96 valence electrons. The Morgan fingerprint density at radius 1 is 1.16 bits per heavy atom. The van der Waals surface area contributed by atoms with Gasteiger partial charge in [0.2, 0.25) is 0 Å². The average Bonchev–Trinajstić information content (AvgIpc) is 2.39. The maximum absolute atomic E-state index is 8.79. The Labute approximate surface area is 115 Å². The second-order valence-corrected chi connectivity index (χ2v) is 4.17. The molecule has 4 nitrogen and oxygen atoms in total. The number of nitriles is 1. The number of anilines is 1. The highest BCUT2D eigenvalue weighted by molar-refractivity contribution is 6.31. The molecule has 2 rings (SSSR count). The predicted octanol–water partition coefficient (Wildman–Crippen LogP) is 3.59. The van der Waals surface area contributed by atoms with Gasteiger partial charge in [-0.1, -0.05) is 11.6 Å². The molecular formula is C14H11ClN2O2. The van der Waals surface area contributed by atoms with E-state index in [1.165, 1.54) is 0 Å². The molecule has 0 spiro atoms. The van der Waals surface area contributed by atoms with E-state index < -0.39 is 0 Å². The Morgan fingerprint density at radius 2 is 1.84 bits per heavy atom. The highest BCUT2D eigenvalue weighted by atomic mass is 35.5. The van der Waals surface area contributed by atoms with E-state index in [0.717, 1.165) is 0 Å². The highest BCUT2D eigenvalue weighted by Gasteiger charge is 2.05. The largest absolute Gasteiger partial charge is 0.495 e. The van der Waals surface area contributed by atoms with Crippen LogP contribution < -0.4 is 15.2 Å². The van der Waals surface area contributed by atoms with E-state index in [9.17, 15) is 0 Å². The molecule has 5 heteroatoms. The van der Waals surface area contributed by atoms with Crippen LogP contribution in [-0.4, -0.2) is 7.11 Å². The molecule has 0 atom stereocenters. The molecule has 0 heterocycles. The summed E-state index contributed by atoms with van der Waals surface area (Å²) in [6.45, 7) is 0. The lowest BCUT2D eigenvalue weighted by molar-refractivity contribution is 0.415. The fourth-order valence-electron chi connectivity index (χ4n) is 1.56. The van der Waals surface area contributed by atoms with E-state index in [0.29, 0.717) is 33.5 Å². The van der Waals surface area contributed by atoms with Crippen LogP contribution >= 0.6 is 11.6 Å². The number of nitrogen functional groups attached to an aromatic ring is 1. The molecule has 0 bridgehead atoms. The molecule has 0 aliphatic carbocycles. The van der Waals surface area contributed by atoms with E-state index in [4.69, 9.17) is 32.1 Å². The van der Waals surface area contributed by atoms with E-state index in [1.54, 1.807) is 43.5 Å². The van der Waals surface area contributed by atoms with Gasteiger partial charge in [0, 0.05) is 12.1 Å². The summed E-state index contributed by atoms with van der Waals surface area (Å²) >= 11 is 5.93. The van der Waals surface area contributed by atoms with Gasteiger partial charge in [0.25, 0.3) is 0 Å². The van der Waals surface area contributed by atoms with Gasteiger partial charge in [-0.25, -0.2) is 0 Å². The smallest absolute Gasteiger partial charge is 0.142 e. The van der Waals surface area contributed by atoms with Crippen LogP contribution in [0.2, 0.25) is 5.02 Å². The number of nitrogens with zero attached hydrogens (tertiary/aromatic N) is 1. The first kappa shape index (κ1) is 13.1. The Balaban J connectivity index is 2.24. The molecule has 0 aliphatic heterocycles. The monoisotopic (exact) mass is 274 g/mol. The van der Waals surface area contributed by atoms with E-state index >= 15 is 0 Å². The van der Waals surface area contributed by atoms with Crippen LogP contribution in [0.4, 0.5) is 5.69 Å². The van der Waals surface area contributed by atoms with Crippen molar-refractivity contribution in [1.82, 2.24) is 0 Å². The van der Waals surface area contributed by atoms with Crippen molar-refractivity contribution in [1.29, 1.82) is 5.26 Å². The molecule has 2 N–H and O–H groups in total. The number of rotatable bonds is 3. The fraction of sp³-hybridized carbons (Fsp3) is 0.0714. The third-order valence-corrected chi connectivity index (χ3v) is 2.81. The van der Waals surface area contributed by atoms with Crippen LogP contribution in [0, 0.1) is 11.3 Å².